The van der Waals surface area contributed by atoms with Crippen molar-refractivity contribution >= 4 is 17.5 Å². The summed E-state index contributed by atoms with van der Waals surface area (Å²) in [6.07, 6.45) is 0.386. The minimum atomic E-state index is -1.29. The normalized spacial score (nSPS) is 42.8. The number of carbonyl (C=O) groups is 3. The maximum absolute atomic E-state index is 11.4. The molecule has 2 aliphatic rings. The Kier molecular flexibility index (Phi) is 1.41. The number of hydrogen-bond donors (Lipinski definition) is 1. The molecule has 3 unspecified atom stereocenters. The summed E-state index contributed by atoms with van der Waals surface area (Å²) in [6, 6.07) is 0. The molecule has 2 saturated carbocycles. The molecule has 70 valence electrons. The van der Waals surface area contributed by atoms with E-state index in [9.17, 15) is 14.4 Å². The lowest BCUT2D eigenvalue weighted by molar-refractivity contribution is -0.157. The fourth-order valence-electron chi connectivity index (χ4n) is 2.15. The van der Waals surface area contributed by atoms with Crippen LogP contribution in [-0.4, -0.2) is 22.6 Å². The van der Waals surface area contributed by atoms with Crippen LogP contribution in [-0.2, 0) is 14.4 Å². The van der Waals surface area contributed by atoms with Gasteiger partial charge in [-0.05, 0) is 19.3 Å². The summed E-state index contributed by atoms with van der Waals surface area (Å²) < 4.78 is 0. The highest BCUT2D eigenvalue weighted by molar-refractivity contribution is 6.15. The first-order chi connectivity index (χ1) is 5.98. The van der Waals surface area contributed by atoms with Gasteiger partial charge in [-0.2, -0.15) is 0 Å². The summed E-state index contributed by atoms with van der Waals surface area (Å²) in [5.41, 5.74) is -1.29. The molecule has 0 aliphatic heterocycles. The molecule has 0 bridgehead atoms. The summed E-state index contributed by atoms with van der Waals surface area (Å²) in [7, 11) is 0. The predicted molar refractivity (Wildman–Crippen MR) is 42.0 cm³/mol. The zero-order valence-corrected chi connectivity index (χ0v) is 7.24. The second-order valence-corrected chi connectivity index (χ2v) is 4.02. The molecule has 0 spiro atoms. The first-order valence-corrected chi connectivity index (χ1v) is 4.27. The lowest BCUT2D eigenvalue weighted by Crippen LogP contribution is -2.43. The molecule has 3 atom stereocenters. The highest BCUT2D eigenvalue weighted by atomic mass is 16.4. The molecule has 0 aromatic heterocycles. The van der Waals surface area contributed by atoms with Crippen molar-refractivity contribution in [2.75, 3.05) is 0 Å². The molecule has 13 heavy (non-hydrogen) atoms. The van der Waals surface area contributed by atoms with Crippen molar-refractivity contribution in [1.82, 2.24) is 0 Å². The van der Waals surface area contributed by atoms with E-state index in [4.69, 9.17) is 5.11 Å². The van der Waals surface area contributed by atoms with Gasteiger partial charge in [0, 0.05) is 5.92 Å². The third-order valence-electron chi connectivity index (χ3n) is 3.30. The largest absolute Gasteiger partial charge is 0.480 e. The highest BCUT2D eigenvalue weighted by Gasteiger charge is 2.64. The van der Waals surface area contributed by atoms with Crippen molar-refractivity contribution in [3.63, 3.8) is 0 Å². The molecule has 2 rings (SSSR count). The number of rotatable bonds is 1. The molecule has 0 heterocycles. The van der Waals surface area contributed by atoms with Crippen LogP contribution in [0.5, 0.6) is 0 Å². The van der Waals surface area contributed by atoms with E-state index >= 15 is 0 Å². The predicted octanol–water partition coefficient (Wildman–Crippen LogP) is 0.255. The number of aliphatic carboxylic acids is 1. The van der Waals surface area contributed by atoms with Crippen LogP contribution in [0.2, 0.25) is 0 Å². The average Bonchev–Trinajstić information content (AvgIpc) is 2.79. The lowest BCUT2D eigenvalue weighted by Gasteiger charge is -2.26. The molecule has 2 fully saturated rings. The first-order valence-electron chi connectivity index (χ1n) is 4.27. The van der Waals surface area contributed by atoms with Crippen molar-refractivity contribution in [1.29, 1.82) is 0 Å². The monoisotopic (exact) mass is 182 g/mol. The number of ketones is 2. The number of carbonyl (C=O) groups excluding carboxylic acids is 2. The van der Waals surface area contributed by atoms with Gasteiger partial charge in [0.2, 0.25) is 0 Å². The zero-order valence-electron chi connectivity index (χ0n) is 7.24. The summed E-state index contributed by atoms with van der Waals surface area (Å²) in [6.45, 7) is 1.44. The zero-order chi connectivity index (χ0) is 9.80. The summed E-state index contributed by atoms with van der Waals surface area (Å²) in [5.74, 6) is -1.98. The Labute approximate surface area is 74.9 Å². The highest BCUT2D eigenvalue weighted by Crippen LogP contribution is 2.56. The van der Waals surface area contributed by atoms with Crippen LogP contribution in [0.1, 0.15) is 19.8 Å². The lowest BCUT2D eigenvalue weighted by atomic mass is 9.74. The van der Waals surface area contributed by atoms with Gasteiger partial charge in [-0.15, -0.1) is 0 Å². The van der Waals surface area contributed by atoms with Gasteiger partial charge in [0.05, 0.1) is 6.42 Å². The third-order valence-corrected chi connectivity index (χ3v) is 3.30. The fraction of sp³-hybridized carbons (Fsp3) is 0.667. The Hall–Kier alpha value is -1.19. The molecular formula is C9H10O4. The number of hydrogen-bond acceptors (Lipinski definition) is 3. The Morgan fingerprint density at radius 2 is 2.15 bits per heavy atom. The molecule has 4 nitrogen and oxygen atoms in total. The standard InChI is InChI=1S/C9H10O4/c1-9(8(12)13)5-2-4(5)6(10)3-7(9)11/h4-5H,2-3H2,1H3,(H,12,13). The van der Waals surface area contributed by atoms with Gasteiger partial charge in [-0.1, -0.05) is 0 Å². The van der Waals surface area contributed by atoms with Gasteiger partial charge in [0.15, 0.2) is 5.78 Å². The molecule has 0 aromatic carbocycles. The summed E-state index contributed by atoms with van der Waals surface area (Å²) in [4.78, 5) is 33.4. The van der Waals surface area contributed by atoms with Crippen molar-refractivity contribution in [2.24, 2.45) is 17.3 Å². The molecule has 2 aliphatic carbocycles. The van der Waals surface area contributed by atoms with Crippen LogP contribution in [0, 0.1) is 17.3 Å². The molecular weight excluding hydrogens is 172 g/mol. The van der Waals surface area contributed by atoms with Crippen molar-refractivity contribution in [3.8, 4) is 0 Å². The minimum Gasteiger partial charge on any atom is -0.480 e. The van der Waals surface area contributed by atoms with Crippen LogP contribution in [0.15, 0.2) is 0 Å². The van der Waals surface area contributed by atoms with E-state index in [1.54, 1.807) is 0 Å². The topological polar surface area (TPSA) is 71.4 Å². The van der Waals surface area contributed by atoms with Gasteiger partial charge in [-0.25, -0.2) is 0 Å². The maximum atomic E-state index is 11.4. The van der Waals surface area contributed by atoms with Gasteiger partial charge in [-0.3, -0.25) is 14.4 Å². The van der Waals surface area contributed by atoms with E-state index < -0.39 is 17.2 Å². The van der Waals surface area contributed by atoms with Gasteiger partial charge < -0.3 is 5.11 Å². The number of carboxylic acids is 1. The summed E-state index contributed by atoms with van der Waals surface area (Å²) >= 11 is 0. The maximum Gasteiger partial charge on any atom is 0.317 e. The van der Waals surface area contributed by atoms with Crippen LogP contribution in [0.4, 0.5) is 0 Å². The summed E-state index contributed by atoms with van der Waals surface area (Å²) in [5, 5.41) is 8.92. The second kappa shape index (κ2) is 2.19. The number of carboxylic acid groups (broad SMARTS) is 1. The molecule has 0 amide bonds. The minimum absolute atomic E-state index is 0.0753. The van der Waals surface area contributed by atoms with Crippen molar-refractivity contribution < 1.29 is 19.5 Å². The van der Waals surface area contributed by atoms with E-state index in [1.807, 2.05) is 0 Å². The van der Waals surface area contributed by atoms with Gasteiger partial charge in [0.25, 0.3) is 0 Å². The van der Waals surface area contributed by atoms with Crippen molar-refractivity contribution in [3.05, 3.63) is 0 Å². The molecule has 1 N–H and O–H groups in total. The Balaban J connectivity index is 2.36. The Bertz CT molecular complexity index is 320. The first kappa shape index (κ1) is 8.41. The van der Waals surface area contributed by atoms with Crippen LogP contribution in [0.3, 0.4) is 0 Å². The van der Waals surface area contributed by atoms with Crippen LogP contribution >= 0.6 is 0 Å². The second-order valence-electron chi connectivity index (χ2n) is 4.02. The average molecular weight is 182 g/mol. The molecule has 4 heteroatoms. The third kappa shape index (κ3) is 0.884. The van der Waals surface area contributed by atoms with E-state index in [0.717, 1.165) is 0 Å². The Morgan fingerprint density at radius 3 is 2.69 bits per heavy atom. The van der Waals surface area contributed by atoms with E-state index in [0.29, 0.717) is 6.42 Å². The fourth-order valence-corrected chi connectivity index (χ4v) is 2.15. The number of fused-ring (bicyclic) bond motifs is 1. The van der Waals surface area contributed by atoms with E-state index in [-0.39, 0.29) is 24.0 Å². The quantitative estimate of drug-likeness (QED) is 0.590. The van der Waals surface area contributed by atoms with Crippen LogP contribution < -0.4 is 0 Å². The molecule has 0 aromatic rings. The molecule has 0 radical (unpaired) electrons. The van der Waals surface area contributed by atoms with E-state index in [2.05, 4.69) is 0 Å². The van der Waals surface area contributed by atoms with E-state index in [1.165, 1.54) is 6.92 Å². The van der Waals surface area contributed by atoms with Crippen molar-refractivity contribution in [2.45, 2.75) is 19.8 Å². The van der Waals surface area contributed by atoms with Gasteiger partial charge in [0.1, 0.15) is 11.2 Å². The van der Waals surface area contributed by atoms with Gasteiger partial charge >= 0.3 is 5.97 Å². The number of Topliss-reactive ketones (excluding diaryl/α,β-unsaturated/α-hetero) is 2. The smallest absolute Gasteiger partial charge is 0.317 e. The van der Waals surface area contributed by atoms with Crippen LogP contribution in [0.25, 0.3) is 0 Å². The SMILES string of the molecule is CC1(C(=O)O)C(=O)CC(=O)C2CC21. The molecule has 0 saturated heterocycles. The Morgan fingerprint density at radius 1 is 1.54 bits per heavy atom.